The monoisotopic (exact) mass is 473 g/mol. The van der Waals surface area contributed by atoms with Gasteiger partial charge in [-0.2, -0.15) is 0 Å². The summed E-state index contributed by atoms with van der Waals surface area (Å²) in [5.41, 5.74) is 2.56. The van der Waals surface area contributed by atoms with Gasteiger partial charge in [0.1, 0.15) is 5.75 Å². The lowest BCUT2D eigenvalue weighted by atomic mass is 9.79. The third kappa shape index (κ3) is 6.56. The molecule has 182 valence electrons. The van der Waals surface area contributed by atoms with E-state index in [1.54, 1.807) is 25.7 Å². The lowest BCUT2D eigenvalue weighted by molar-refractivity contribution is -0.139. The van der Waals surface area contributed by atoms with E-state index < -0.39 is 12.1 Å². The van der Waals surface area contributed by atoms with Gasteiger partial charge in [0.25, 0.3) is 0 Å². The average molecular weight is 474 g/mol. The van der Waals surface area contributed by atoms with E-state index in [0.717, 1.165) is 47.2 Å². The number of methoxy groups -OCH3 is 1. The zero-order valence-electron chi connectivity index (χ0n) is 19.9. The minimum absolute atomic E-state index is 0.0328. The summed E-state index contributed by atoms with van der Waals surface area (Å²) in [6.07, 6.45) is 6.86. The number of aliphatic hydroxyl groups is 1. The van der Waals surface area contributed by atoms with Crippen molar-refractivity contribution in [1.82, 2.24) is 14.9 Å². The Bertz CT molecular complexity index is 1210. The van der Waals surface area contributed by atoms with Crippen LogP contribution in [-0.4, -0.2) is 57.8 Å². The van der Waals surface area contributed by atoms with Crippen molar-refractivity contribution in [3.05, 3.63) is 66.1 Å². The van der Waals surface area contributed by atoms with Crippen LogP contribution < -0.4 is 4.74 Å². The van der Waals surface area contributed by atoms with E-state index in [-0.39, 0.29) is 18.3 Å². The first-order valence-corrected chi connectivity index (χ1v) is 12.0. The van der Waals surface area contributed by atoms with E-state index in [1.165, 1.54) is 0 Å². The molecule has 3 atom stereocenters. The van der Waals surface area contributed by atoms with E-state index in [1.807, 2.05) is 36.4 Å². The smallest absolute Gasteiger partial charge is 0.303 e. The van der Waals surface area contributed by atoms with Crippen LogP contribution >= 0.6 is 0 Å². The highest BCUT2D eigenvalue weighted by molar-refractivity contribution is 5.83. The molecule has 2 aromatic heterocycles. The van der Waals surface area contributed by atoms with Crippen LogP contribution in [0.15, 0.2) is 55.0 Å². The van der Waals surface area contributed by atoms with Crippen molar-refractivity contribution in [2.45, 2.75) is 31.8 Å². The van der Waals surface area contributed by atoms with E-state index in [4.69, 9.17) is 4.74 Å². The third-order valence-electron chi connectivity index (χ3n) is 6.78. The second-order valence-electron chi connectivity index (χ2n) is 9.06. The Hall–Kier alpha value is -3.47. The summed E-state index contributed by atoms with van der Waals surface area (Å²) in [6, 6.07) is 11.3. The SMILES string of the molecule is COc1ccc2nccc([C@H](O)CC[C@@H]3CCN(CC#Cc4ccncc4)C[C@@H]3CC(=O)O)c2c1. The summed E-state index contributed by atoms with van der Waals surface area (Å²) in [5.74, 6) is 6.57. The quantitative estimate of drug-likeness (QED) is 0.479. The first kappa shape index (κ1) is 24.6. The zero-order valence-corrected chi connectivity index (χ0v) is 19.9. The second kappa shape index (κ2) is 11.8. The van der Waals surface area contributed by atoms with Crippen molar-refractivity contribution in [3.63, 3.8) is 0 Å². The first-order valence-electron chi connectivity index (χ1n) is 12.0. The predicted molar refractivity (Wildman–Crippen MR) is 134 cm³/mol. The summed E-state index contributed by atoms with van der Waals surface area (Å²) >= 11 is 0. The highest BCUT2D eigenvalue weighted by atomic mass is 16.5. The van der Waals surface area contributed by atoms with E-state index in [9.17, 15) is 15.0 Å². The number of aromatic nitrogens is 2. The molecule has 0 amide bonds. The zero-order chi connectivity index (χ0) is 24.6. The molecule has 0 radical (unpaired) electrons. The fourth-order valence-electron chi connectivity index (χ4n) is 4.92. The number of carboxylic acids is 1. The average Bonchev–Trinajstić information content (AvgIpc) is 2.87. The molecular formula is C28H31N3O4. The van der Waals surface area contributed by atoms with Crippen molar-refractivity contribution >= 4 is 16.9 Å². The van der Waals surface area contributed by atoms with Gasteiger partial charge in [-0.3, -0.25) is 19.7 Å². The number of fused-ring (bicyclic) bond motifs is 1. The molecular weight excluding hydrogens is 442 g/mol. The summed E-state index contributed by atoms with van der Waals surface area (Å²) in [7, 11) is 1.62. The molecule has 2 N–H and O–H groups in total. The van der Waals surface area contributed by atoms with Crippen LogP contribution in [-0.2, 0) is 4.79 Å². The molecule has 1 aromatic carbocycles. The molecule has 7 heteroatoms. The van der Waals surface area contributed by atoms with Gasteiger partial charge in [0.05, 0.1) is 25.3 Å². The number of benzene rings is 1. The Morgan fingerprint density at radius 2 is 2.03 bits per heavy atom. The normalized spacial score (nSPS) is 19.0. The first-order chi connectivity index (χ1) is 17.0. The summed E-state index contributed by atoms with van der Waals surface area (Å²) in [4.78, 5) is 22.2. The molecule has 3 aromatic rings. The topological polar surface area (TPSA) is 95.8 Å². The number of ether oxygens (including phenoxy) is 1. The van der Waals surface area contributed by atoms with Crippen LogP contribution in [0.3, 0.4) is 0 Å². The Morgan fingerprint density at radius 3 is 2.80 bits per heavy atom. The van der Waals surface area contributed by atoms with Gasteiger partial charge in [-0.15, -0.1) is 0 Å². The minimum Gasteiger partial charge on any atom is -0.497 e. The molecule has 0 aliphatic carbocycles. The molecule has 1 aliphatic rings. The number of pyridine rings is 2. The number of aliphatic hydroxyl groups excluding tert-OH is 1. The fraction of sp³-hybridized carbons (Fsp3) is 0.393. The fourth-order valence-corrected chi connectivity index (χ4v) is 4.92. The second-order valence-corrected chi connectivity index (χ2v) is 9.06. The molecule has 35 heavy (non-hydrogen) atoms. The number of hydrogen-bond acceptors (Lipinski definition) is 6. The van der Waals surface area contributed by atoms with Gasteiger partial charge < -0.3 is 14.9 Å². The Morgan fingerprint density at radius 1 is 1.20 bits per heavy atom. The number of likely N-dealkylation sites (tertiary alicyclic amines) is 1. The molecule has 0 unspecified atom stereocenters. The molecule has 3 heterocycles. The minimum atomic E-state index is -0.780. The maximum absolute atomic E-state index is 11.6. The maximum Gasteiger partial charge on any atom is 0.303 e. The van der Waals surface area contributed by atoms with E-state index >= 15 is 0 Å². The highest BCUT2D eigenvalue weighted by Crippen LogP contribution is 2.34. The van der Waals surface area contributed by atoms with Gasteiger partial charge >= 0.3 is 5.97 Å². The van der Waals surface area contributed by atoms with Crippen LogP contribution in [0.25, 0.3) is 10.9 Å². The Kier molecular flexibility index (Phi) is 8.30. The standard InChI is InChI=1S/C28H31N3O4/c1-35-23-5-6-26-25(18-23)24(10-14-30-26)27(32)7-4-21-11-16-31(19-22(21)17-28(33)34)15-2-3-20-8-12-29-13-9-20/h5-6,8-10,12-14,18,21-22,27,32H,4,7,11,15-17,19H2,1H3,(H,33,34)/t21-,22+,27-/m1/s1. The number of hydrogen-bond donors (Lipinski definition) is 2. The maximum atomic E-state index is 11.6. The summed E-state index contributed by atoms with van der Waals surface area (Å²) < 4.78 is 5.34. The van der Waals surface area contributed by atoms with Crippen molar-refractivity contribution in [1.29, 1.82) is 0 Å². The van der Waals surface area contributed by atoms with E-state index in [2.05, 4.69) is 26.7 Å². The largest absolute Gasteiger partial charge is 0.497 e. The van der Waals surface area contributed by atoms with Crippen LogP contribution in [0.2, 0.25) is 0 Å². The summed E-state index contributed by atoms with van der Waals surface area (Å²) in [5, 5.41) is 21.4. The van der Waals surface area contributed by atoms with Crippen molar-refractivity contribution in [2.75, 3.05) is 26.7 Å². The van der Waals surface area contributed by atoms with Crippen LogP contribution in [0.1, 0.15) is 42.9 Å². The molecule has 1 saturated heterocycles. The Labute approximate surface area is 205 Å². The molecule has 0 bridgehead atoms. The van der Waals surface area contributed by atoms with Gasteiger partial charge in [-0.25, -0.2) is 0 Å². The number of carbonyl (C=O) groups is 1. The van der Waals surface area contributed by atoms with Gasteiger partial charge in [0, 0.05) is 42.5 Å². The van der Waals surface area contributed by atoms with Crippen LogP contribution in [0, 0.1) is 23.7 Å². The van der Waals surface area contributed by atoms with E-state index in [0.29, 0.717) is 19.5 Å². The van der Waals surface area contributed by atoms with Gasteiger partial charge in [0.15, 0.2) is 0 Å². The number of rotatable bonds is 8. The molecule has 0 saturated carbocycles. The van der Waals surface area contributed by atoms with Crippen molar-refractivity contribution in [2.24, 2.45) is 11.8 Å². The number of nitrogens with zero attached hydrogens (tertiary/aromatic N) is 3. The van der Waals surface area contributed by atoms with Crippen molar-refractivity contribution in [3.8, 4) is 17.6 Å². The lowest BCUT2D eigenvalue weighted by Gasteiger charge is -2.37. The van der Waals surface area contributed by atoms with Crippen LogP contribution in [0.4, 0.5) is 0 Å². The van der Waals surface area contributed by atoms with Gasteiger partial charge in [-0.1, -0.05) is 11.8 Å². The molecule has 1 fully saturated rings. The molecule has 4 rings (SSSR count). The summed E-state index contributed by atoms with van der Waals surface area (Å²) in [6.45, 7) is 2.18. The predicted octanol–water partition coefficient (Wildman–Crippen LogP) is 3.92. The lowest BCUT2D eigenvalue weighted by Crippen LogP contribution is -2.41. The Balaban J connectivity index is 1.39. The van der Waals surface area contributed by atoms with Gasteiger partial charge in [-0.05, 0) is 79.6 Å². The van der Waals surface area contributed by atoms with Gasteiger partial charge in [0.2, 0.25) is 0 Å². The van der Waals surface area contributed by atoms with Crippen LogP contribution in [0.5, 0.6) is 5.75 Å². The molecule has 1 aliphatic heterocycles. The third-order valence-corrected chi connectivity index (χ3v) is 6.78. The number of piperidine rings is 1. The molecule has 0 spiro atoms. The number of carboxylic acid groups (broad SMARTS) is 1. The number of aliphatic carboxylic acids is 1. The highest BCUT2D eigenvalue weighted by Gasteiger charge is 2.31. The van der Waals surface area contributed by atoms with Crippen molar-refractivity contribution < 1.29 is 19.7 Å². The molecule has 7 nitrogen and oxygen atoms in total.